The van der Waals surface area contributed by atoms with Gasteiger partial charge in [-0.1, -0.05) is 37.0 Å². The van der Waals surface area contributed by atoms with E-state index in [-0.39, 0.29) is 40.9 Å². The summed E-state index contributed by atoms with van der Waals surface area (Å²) in [6, 6.07) is 11.7. The number of carbonyl (C=O) groups excluding carboxylic acids is 2. The van der Waals surface area contributed by atoms with Crippen LogP contribution in [0.4, 0.5) is 0 Å². The van der Waals surface area contributed by atoms with Crippen molar-refractivity contribution in [1.82, 2.24) is 4.90 Å². The Kier molecular flexibility index (Phi) is 6.97. The van der Waals surface area contributed by atoms with Gasteiger partial charge in [-0.3, -0.25) is 9.59 Å². The number of β-lactam (4-membered cyclic amide) rings is 1. The van der Waals surface area contributed by atoms with Gasteiger partial charge in [-0.05, 0) is 86.5 Å². The zero-order valence-corrected chi connectivity index (χ0v) is 25.6. The lowest BCUT2D eigenvalue weighted by Crippen LogP contribution is -2.63. The second-order valence-electron chi connectivity index (χ2n) is 13.8. The number of rotatable bonds is 8. The summed E-state index contributed by atoms with van der Waals surface area (Å²) in [7, 11) is 0. The highest BCUT2D eigenvalue weighted by Gasteiger charge is 2.59. The Morgan fingerprint density at radius 3 is 2.49 bits per heavy atom. The van der Waals surface area contributed by atoms with Crippen molar-refractivity contribution in [2.75, 3.05) is 6.61 Å². The van der Waals surface area contributed by atoms with Gasteiger partial charge in [0.15, 0.2) is 0 Å². The van der Waals surface area contributed by atoms with Crippen molar-refractivity contribution in [3.8, 4) is 17.6 Å². The summed E-state index contributed by atoms with van der Waals surface area (Å²) in [6.07, 6.45) is 7.21. The number of ether oxygens (including phenoxy) is 1. The van der Waals surface area contributed by atoms with Gasteiger partial charge in [-0.2, -0.15) is 0 Å². The first-order chi connectivity index (χ1) is 21.5. The maximum Gasteiger partial charge on any atom is 0.353 e. The first kappa shape index (κ1) is 29.4. The van der Waals surface area contributed by atoms with Gasteiger partial charge in [0.2, 0.25) is 11.8 Å². The quantitative estimate of drug-likeness (QED) is 0.243. The standard InChI is InChI=1S/C36H38N2O7/c1-20-23(32(34(42)43)38-31(20)29(21(2)39)33(38)41)5-4-16-44-25-6-3-7-26-30(25)24-9-8-22(17-27(24)45-26)18-35-10-13-36(14-11-35,15-12-35)19-28(37)40/h3,6-9,17,20-21,29,31,39H,10-16,18-19H2,1-2H3,(H2,37,40)(H,42,43)/t20-,21?,29?,31?,35?,36?/m0/s1. The fourth-order valence-corrected chi connectivity index (χ4v) is 8.71. The zero-order valence-electron chi connectivity index (χ0n) is 25.6. The molecule has 3 heterocycles. The van der Waals surface area contributed by atoms with Gasteiger partial charge in [-0.25, -0.2) is 4.79 Å². The molecule has 3 saturated carbocycles. The fourth-order valence-electron chi connectivity index (χ4n) is 8.71. The number of nitrogens with zero attached hydrogens (tertiary/aromatic N) is 1. The second-order valence-corrected chi connectivity index (χ2v) is 13.8. The number of carboxylic acid groups (broad SMARTS) is 1. The van der Waals surface area contributed by atoms with E-state index >= 15 is 0 Å². The monoisotopic (exact) mass is 610 g/mol. The van der Waals surface area contributed by atoms with Crippen molar-refractivity contribution in [3.05, 3.63) is 53.2 Å². The number of fused-ring (bicyclic) bond motifs is 7. The number of furan rings is 1. The van der Waals surface area contributed by atoms with Gasteiger partial charge < -0.3 is 30.0 Å². The molecule has 45 heavy (non-hydrogen) atoms. The van der Waals surface area contributed by atoms with Crippen molar-refractivity contribution in [3.63, 3.8) is 0 Å². The average molecular weight is 611 g/mol. The molecule has 9 nitrogen and oxygen atoms in total. The minimum Gasteiger partial charge on any atom is -0.480 e. The van der Waals surface area contributed by atoms with E-state index in [1.807, 2.05) is 25.1 Å². The molecule has 3 aliphatic carbocycles. The van der Waals surface area contributed by atoms with Crippen LogP contribution in [0.3, 0.4) is 0 Å². The maximum absolute atomic E-state index is 12.6. The molecule has 3 unspecified atom stereocenters. The zero-order chi connectivity index (χ0) is 31.7. The first-order valence-electron chi connectivity index (χ1n) is 15.8. The van der Waals surface area contributed by atoms with E-state index in [2.05, 4.69) is 30.0 Å². The van der Waals surface area contributed by atoms with Gasteiger partial charge in [0.05, 0.1) is 23.4 Å². The highest BCUT2D eigenvalue weighted by Crippen LogP contribution is 2.59. The predicted molar refractivity (Wildman–Crippen MR) is 167 cm³/mol. The van der Waals surface area contributed by atoms with E-state index < -0.39 is 24.0 Å². The molecule has 1 saturated heterocycles. The van der Waals surface area contributed by atoms with Gasteiger partial charge in [-0.15, -0.1) is 0 Å². The molecular formula is C36H38N2O7. The van der Waals surface area contributed by atoms with Crippen molar-refractivity contribution in [2.45, 2.75) is 77.4 Å². The number of hydrogen-bond acceptors (Lipinski definition) is 6. The normalized spacial score (nSPS) is 29.4. The summed E-state index contributed by atoms with van der Waals surface area (Å²) in [5.74, 6) is 3.84. The van der Waals surface area contributed by atoms with Crippen LogP contribution in [0.1, 0.15) is 64.4 Å². The number of aliphatic hydroxyl groups is 1. The molecule has 3 aromatic rings. The molecule has 2 aromatic carbocycles. The molecule has 5 aliphatic rings. The number of aliphatic hydroxyl groups excluding tert-OH is 1. The Bertz CT molecular complexity index is 1820. The summed E-state index contributed by atoms with van der Waals surface area (Å²) in [4.78, 5) is 37.5. The van der Waals surface area contributed by atoms with Crippen LogP contribution in [0, 0.1) is 34.5 Å². The Hall–Kier alpha value is -4.29. The summed E-state index contributed by atoms with van der Waals surface area (Å²) < 4.78 is 12.4. The number of amides is 2. The van der Waals surface area contributed by atoms with Gasteiger partial charge in [0.25, 0.3) is 0 Å². The van der Waals surface area contributed by atoms with Crippen LogP contribution in [0.2, 0.25) is 0 Å². The van der Waals surface area contributed by atoms with E-state index in [4.69, 9.17) is 14.9 Å². The van der Waals surface area contributed by atoms with Crippen molar-refractivity contribution < 1.29 is 33.8 Å². The van der Waals surface area contributed by atoms with Crippen molar-refractivity contribution in [2.24, 2.45) is 28.4 Å². The molecular weight excluding hydrogens is 572 g/mol. The van der Waals surface area contributed by atoms with E-state index in [1.165, 1.54) is 10.5 Å². The van der Waals surface area contributed by atoms with Crippen molar-refractivity contribution in [1.29, 1.82) is 0 Å². The number of carboxylic acids is 1. The number of aliphatic carboxylic acids is 1. The highest BCUT2D eigenvalue weighted by molar-refractivity contribution is 6.08. The van der Waals surface area contributed by atoms with E-state index in [0.717, 1.165) is 61.3 Å². The summed E-state index contributed by atoms with van der Waals surface area (Å²) in [6.45, 7) is 3.41. The smallest absolute Gasteiger partial charge is 0.353 e. The minimum atomic E-state index is -1.20. The Morgan fingerprint density at radius 1 is 1.11 bits per heavy atom. The molecule has 9 heteroatoms. The molecule has 8 rings (SSSR count). The fraction of sp³-hybridized carbons (Fsp3) is 0.472. The molecule has 4 fully saturated rings. The molecule has 4 atom stereocenters. The Balaban J connectivity index is 1.08. The van der Waals surface area contributed by atoms with E-state index in [0.29, 0.717) is 23.3 Å². The van der Waals surface area contributed by atoms with Gasteiger partial charge >= 0.3 is 5.97 Å². The van der Waals surface area contributed by atoms with Gasteiger partial charge in [0, 0.05) is 23.3 Å². The number of carbonyl (C=O) groups is 3. The lowest BCUT2D eigenvalue weighted by atomic mass is 9.51. The van der Waals surface area contributed by atoms with E-state index in [1.54, 1.807) is 6.92 Å². The molecule has 4 N–H and O–H groups in total. The van der Waals surface area contributed by atoms with Crippen LogP contribution >= 0.6 is 0 Å². The highest BCUT2D eigenvalue weighted by atomic mass is 16.5. The third kappa shape index (κ3) is 4.78. The Morgan fingerprint density at radius 2 is 1.82 bits per heavy atom. The molecule has 0 radical (unpaired) electrons. The number of hydrogen-bond donors (Lipinski definition) is 3. The van der Waals surface area contributed by atoms with Crippen LogP contribution < -0.4 is 10.5 Å². The average Bonchev–Trinajstić information content (AvgIpc) is 3.48. The number of primary amides is 1. The second kappa shape index (κ2) is 10.7. The summed E-state index contributed by atoms with van der Waals surface area (Å²) >= 11 is 0. The molecule has 1 aromatic heterocycles. The maximum atomic E-state index is 12.6. The first-order valence-corrected chi connectivity index (χ1v) is 15.8. The van der Waals surface area contributed by atoms with Gasteiger partial charge in [0.1, 0.15) is 29.2 Å². The van der Waals surface area contributed by atoms with Crippen LogP contribution in [-0.4, -0.2) is 51.6 Å². The molecule has 234 valence electrons. The number of benzene rings is 2. The summed E-state index contributed by atoms with van der Waals surface area (Å²) in [5, 5.41) is 21.7. The molecule has 2 aliphatic heterocycles. The summed E-state index contributed by atoms with van der Waals surface area (Å²) in [5.41, 5.74) is 8.96. The predicted octanol–water partition coefficient (Wildman–Crippen LogP) is 4.92. The third-order valence-electron chi connectivity index (χ3n) is 11.1. The van der Waals surface area contributed by atoms with Crippen LogP contribution in [0.15, 0.2) is 52.1 Å². The molecule has 0 spiro atoms. The Labute approximate surface area is 261 Å². The lowest BCUT2D eigenvalue weighted by molar-refractivity contribution is -0.163. The largest absolute Gasteiger partial charge is 0.480 e. The van der Waals surface area contributed by atoms with Crippen molar-refractivity contribution >= 4 is 39.7 Å². The minimum absolute atomic E-state index is 0.0190. The number of nitrogens with two attached hydrogens (primary N) is 1. The SMILES string of the molecule is CC(O)C1C(=O)N2C(C(=O)O)=C(C#CCOc3cccc4oc5cc(CC67CCC(CC(N)=O)(CC6)CC7)ccc5c34)[C@H](C)C12. The lowest BCUT2D eigenvalue weighted by Gasteiger charge is -2.53. The third-order valence-corrected chi connectivity index (χ3v) is 11.1. The van der Waals surface area contributed by atoms with E-state index in [9.17, 15) is 24.6 Å². The van der Waals surface area contributed by atoms with Crippen LogP contribution in [-0.2, 0) is 20.8 Å². The van der Waals surface area contributed by atoms with Crippen LogP contribution in [0.25, 0.3) is 21.9 Å². The molecule has 2 bridgehead atoms. The topological polar surface area (TPSA) is 143 Å². The van der Waals surface area contributed by atoms with Crippen LogP contribution in [0.5, 0.6) is 5.75 Å². The molecule has 2 amide bonds.